The lowest BCUT2D eigenvalue weighted by molar-refractivity contribution is -0.124. The lowest BCUT2D eigenvalue weighted by atomic mass is 9.80. The molecule has 8 nitrogen and oxygen atoms in total. The molecule has 0 spiro atoms. The Bertz CT molecular complexity index is 1320. The maximum Gasteiger partial charge on any atom is 0.256 e. The molecular weight excluding hydrogens is 494 g/mol. The fraction of sp³-hybridized carbons (Fsp3) is 0.613. The molecule has 1 aromatic carbocycles. The molecule has 5 rings (SSSR count). The summed E-state index contributed by atoms with van der Waals surface area (Å²) < 4.78 is 18.8. The summed E-state index contributed by atoms with van der Waals surface area (Å²) in [5.74, 6) is 1.46. The van der Waals surface area contributed by atoms with Gasteiger partial charge in [-0.25, -0.2) is 0 Å². The van der Waals surface area contributed by atoms with Crippen molar-refractivity contribution in [2.24, 2.45) is 5.92 Å². The first-order valence-electron chi connectivity index (χ1n) is 14.5. The molecule has 0 radical (unpaired) electrons. The molecule has 3 aliphatic rings. The minimum atomic E-state index is -0.735. The summed E-state index contributed by atoms with van der Waals surface area (Å²) in [5.41, 5.74) is 4.47. The Labute approximate surface area is 231 Å². The number of pyridine rings is 1. The zero-order chi connectivity index (χ0) is 28.1. The third-order valence-corrected chi connectivity index (χ3v) is 9.32. The minimum Gasteiger partial charge on any atom is -0.496 e. The molecule has 8 heteroatoms. The number of hydrogen-bond donors (Lipinski definition) is 1. The second-order valence-electron chi connectivity index (χ2n) is 11.5. The van der Waals surface area contributed by atoms with Gasteiger partial charge in [-0.3, -0.25) is 9.59 Å². The molecule has 0 bridgehead atoms. The zero-order valence-electron chi connectivity index (χ0n) is 24.5. The highest BCUT2D eigenvalue weighted by Crippen LogP contribution is 2.52. The smallest absolute Gasteiger partial charge is 0.256 e. The molecular formula is C31H43N3O5. The van der Waals surface area contributed by atoms with E-state index in [2.05, 4.69) is 30.7 Å². The van der Waals surface area contributed by atoms with E-state index in [1.54, 1.807) is 18.1 Å². The van der Waals surface area contributed by atoms with E-state index >= 15 is 0 Å². The highest BCUT2D eigenvalue weighted by molar-refractivity contribution is 6.00. The van der Waals surface area contributed by atoms with Crippen molar-refractivity contribution >= 4 is 5.91 Å². The van der Waals surface area contributed by atoms with Crippen LogP contribution in [0.4, 0.5) is 0 Å². The number of aryl methyl sites for hydroxylation is 1. The zero-order valence-corrected chi connectivity index (χ0v) is 24.5. The van der Waals surface area contributed by atoms with E-state index < -0.39 is 5.79 Å². The molecule has 1 saturated carbocycles. The van der Waals surface area contributed by atoms with Crippen LogP contribution in [0.3, 0.4) is 0 Å². The molecule has 1 fully saturated rings. The number of carbonyl (C=O) groups is 1. The molecule has 3 heterocycles. The van der Waals surface area contributed by atoms with Gasteiger partial charge in [0.2, 0.25) is 0 Å². The summed E-state index contributed by atoms with van der Waals surface area (Å²) in [5, 5.41) is 0. The number of aromatic amines is 1. The van der Waals surface area contributed by atoms with Gasteiger partial charge in [-0.05, 0) is 83.2 Å². The molecule has 1 atom stereocenters. The summed E-state index contributed by atoms with van der Waals surface area (Å²) in [4.78, 5) is 33.7. The number of carbonyl (C=O) groups excluding carboxylic acids is 1. The predicted octanol–water partition coefficient (Wildman–Crippen LogP) is 4.90. The van der Waals surface area contributed by atoms with Crippen LogP contribution in [-0.4, -0.2) is 59.3 Å². The van der Waals surface area contributed by atoms with Crippen LogP contribution in [0.1, 0.15) is 84.8 Å². The number of nitrogens with zero attached hydrogens (tertiary/aromatic N) is 2. The van der Waals surface area contributed by atoms with E-state index in [-0.39, 0.29) is 18.0 Å². The van der Waals surface area contributed by atoms with E-state index in [0.29, 0.717) is 47.6 Å². The third kappa shape index (κ3) is 4.71. The van der Waals surface area contributed by atoms with Gasteiger partial charge in [-0.1, -0.05) is 13.8 Å². The van der Waals surface area contributed by atoms with Crippen LogP contribution in [-0.2, 0) is 13.0 Å². The van der Waals surface area contributed by atoms with Crippen molar-refractivity contribution in [2.45, 2.75) is 92.0 Å². The van der Waals surface area contributed by atoms with E-state index in [1.165, 1.54) is 0 Å². The quantitative estimate of drug-likeness (QED) is 0.541. The van der Waals surface area contributed by atoms with Gasteiger partial charge in [0.15, 0.2) is 11.5 Å². The normalized spacial score (nSPS) is 24.3. The van der Waals surface area contributed by atoms with Crippen molar-refractivity contribution in [3.63, 3.8) is 0 Å². The molecule has 0 saturated heterocycles. The fourth-order valence-electron chi connectivity index (χ4n) is 7.02. The van der Waals surface area contributed by atoms with Crippen LogP contribution in [0, 0.1) is 26.7 Å². The highest BCUT2D eigenvalue weighted by Gasteiger charge is 2.48. The standard InChI is InChI=1S/C31H43N3O5/c1-8-33(9-2)22-12-10-21(11-13-22)31(6)38-27-19(4)23-14-15-34(30(36)26(23)20(5)28(27)39-31)17-24-25(37-7)16-18(3)32-29(24)35/h16,21-22H,8-15,17H2,1-7H3,(H,32,35)/t21-,22-,31?. The molecule has 1 amide bonds. The van der Waals surface area contributed by atoms with Gasteiger partial charge in [0.25, 0.3) is 17.3 Å². The van der Waals surface area contributed by atoms with Crippen molar-refractivity contribution in [1.82, 2.24) is 14.8 Å². The van der Waals surface area contributed by atoms with E-state index in [4.69, 9.17) is 14.2 Å². The summed E-state index contributed by atoms with van der Waals surface area (Å²) in [7, 11) is 1.55. The Kier molecular flexibility index (Phi) is 7.44. The average Bonchev–Trinajstić information content (AvgIpc) is 3.30. The first kappa shape index (κ1) is 27.6. The van der Waals surface area contributed by atoms with Gasteiger partial charge in [0.1, 0.15) is 5.75 Å². The number of H-pyrrole nitrogens is 1. The molecule has 2 aromatic rings. The van der Waals surface area contributed by atoms with Gasteiger partial charge >= 0.3 is 0 Å². The van der Waals surface area contributed by atoms with Gasteiger partial charge < -0.3 is 29.0 Å². The average molecular weight is 538 g/mol. The SMILES string of the molecule is CCN(CC)[C@H]1CC[C@H](C2(C)Oc3c(C)c4c(c(C)c3O2)C(=O)N(Cc2c(OC)cc(C)[nH]c2=O)CC4)CC1. The van der Waals surface area contributed by atoms with Crippen LogP contribution >= 0.6 is 0 Å². The molecule has 1 aliphatic carbocycles. The van der Waals surface area contributed by atoms with Crippen molar-refractivity contribution in [2.75, 3.05) is 26.7 Å². The number of nitrogens with one attached hydrogen (secondary N) is 1. The summed E-state index contributed by atoms with van der Waals surface area (Å²) in [6.07, 6.45) is 5.11. The Hall–Kier alpha value is -3.00. The Morgan fingerprint density at radius 2 is 1.69 bits per heavy atom. The first-order chi connectivity index (χ1) is 18.6. The van der Waals surface area contributed by atoms with Crippen molar-refractivity contribution < 1.29 is 19.0 Å². The number of aromatic nitrogens is 1. The van der Waals surface area contributed by atoms with Crippen molar-refractivity contribution in [3.05, 3.63) is 49.9 Å². The van der Waals surface area contributed by atoms with Gasteiger partial charge in [-0.15, -0.1) is 0 Å². The molecule has 1 N–H and O–H groups in total. The minimum absolute atomic E-state index is 0.0846. The number of hydrogen-bond acceptors (Lipinski definition) is 6. The fourth-order valence-corrected chi connectivity index (χ4v) is 7.02. The van der Waals surface area contributed by atoms with E-state index in [9.17, 15) is 9.59 Å². The lowest BCUT2D eigenvalue weighted by Crippen LogP contribution is -2.47. The number of methoxy groups -OCH3 is 1. The topological polar surface area (TPSA) is 84.1 Å². The molecule has 39 heavy (non-hydrogen) atoms. The second-order valence-corrected chi connectivity index (χ2v) is 11.5. The Morgan fingerprint density at radius 3 is 2.31 bits per heavy atom. The number of amides is 1. The lowest BCUT2D eigenvalue weighted by Gasteiger charge is -2.40. The van der Waals surface area contributed by atoms with Gasteiger partial charge in [0.05, 0.1) is 19.2 Å². The Balaban J connectivity index is 1.40. The van der Waals surface area contributed by atoms with Crippen LogP contribution in [0.15, 0.2) is 10.9 Å². The van der Waals surface area contributed by atoms with Gasteiger partial charge in [-0.2, -0.15) is 0 Å². The second kappa shape index (κ2) is 10.5. The van der Waals surface area contributed by atoms with Gasteiger partial charge in [0, 0.05) is 42.2 Å². The van der Waals surface area contributed by atoms with Crippen molar-refractivity contribution in [3.8, 4) is 17.2 Å². The number of benzene rings is 1. The third-order valence-electron chi connectivity index (χ3n) is 9.32. The summed E-state index contributed by atoms with van der Waals surface area (Å²) >= 11 is 0. The molecule has 1 unspecified atom stereocenters. The number of fused-ring (bicyclic) bond motifs is 2. The van der Waals surface area contributed by atoms with Crippen LogP contribution in [0.2, 0.25) is 0 Å². The number of rotatable bonds is 7. The highest BCUT2D eigenvalue weighted by atomic mass is 16.7. The maximum absolute atomic E-state index is 13.9. The molecule has 212 valence electrons. The Morgan fingerprint density at radius 1 is 1.05 bits per heavy atom. The molecule has 2 aliphatic heterocycles. The van der Waals surface area contributed by atoms with Crippen LogP contribution in [0.25, 0.3) is 0 Å². The van der Waals surface area contributed by atoms with Crippen molar-refractivity contribution in [1.29, 1.82) is 0 Å². The first-order valence-corrected chi connectivity index (χ1v) is 14.5. The van der Waals surface area contributed by atoms with E-state index in [1.807, 2.05) is 20.8 Å². The monoisotopic (exact) mass is 537 g/mol. The predicted molar refractivity (Wildman–Crippen MR) is 151 cm³/mol. The number of ether oxygens (including phenoxy) is 3. The van der Waals surface area contributed by atoms with Crippen LogP contribution in [0.5, 0.6) is 17.2 Å². The van der Waals surface area contributed by atoms with Crippen LogP contribution < -0.4 is 19.8 Å². The molecule has 1 aromatic heterocycles. The largest absolute Gasteiger partial charge is 0.496 e. The summed E-state index contributed by atoms with van der Waals surface area (Å²) in [6.45, 7) is 15.2. The van der Waals surface area contributed by atoms with E-state index in [0.717, 1.165) is 66.9 Å². The maximum atomic E-state index is 13.9. The summed E-state index contributed by atoms with van der Waals surface area (Å²) in [6, 6.07) is 2.42.